The summed E-state index contributed by atoms with van der Waals surface area (Å²) in [7, 11) is 1.78. The van der Waals surface area contributed by atoms with Gasteiger partial charge >= 0.3 is 5.97 Å². The van der Waals surface area contributed by atoms with E-state index in [2.05, 4.69) is 0 Å². The van der Waals surface area contributed by atoms with E-state index in [9.17, 15) is 9.18 Å². The lowest BCUT2D eigenvalue weighted by atomic mass is 9.81. The molecule has 2 aromatic rings. The molecule has 2 aromatic carbocycles. The third kappa shape index (κ3) is 4.00. The second-order valence-electron chi connectivity index (χ2n) is 7.08. The number of halogens is 2. The summed E-state index contributed by atoms with van der Waals surface area (Å²) in [4.78, 5) is 12.6. The Hall–Kier alpha value is -1.95. The number of rotatable bonds is 7. The van der Waals surface area contributed by atoms with E-state index in [1.165, 1.54) is 6.07 Å². The number of hydrogen-bond donors (Lipinski definition) is 1. The third-order valence-corrected chi connectivity index (χ3v) is 5.47. The highest BCUT2D eigenvalue weighted by Gasteiger charge is 2.42. The number of hydrogen-bond acceptors (Lipinski definition) is 3. The first-order chi connectivity index (χ1) is 12.8. The SMILES string of the molecule is Cc1cc(C2(CCCN(C)CC(=O)O)OCc3c(Cl)cccc32)ccc1F. The standard InChI is InChI=1S/C21H23ClFNO3/c1-14-11-15(7-8-19(14)23)21(9-4-10-24(2)12-20(25)26)17-5-3-6-18(22)16(17)13-27-21/h3,5-8,11H,4,9-10,12-13H2,1-2H3,(H,25,26). The van der Waals surface area contributed by atoms with Gasteiger partial charge in [-0.15, -0.1) is 0 Å². The summed E-state index contributed by atoms with van der Waals surface area (Å²) < 4.78 is 20.1. The number of aliphatic carboxylic acids is 1. The average Bonchev–Trinajstić information content (AvgIpc) is 2.98. The van der Waals surface area contributed by atoms with Crippen LogP contribution in [0.15, 0.2) is 36.4 Å². The lowest BCUT2D eigenvalue weighted by Crippen LogP contribution is -2.31. The Kier molecular flexibility index (Phi) is 5.84. The summed E-state index contributed by atoms with van der Waals surface area (Å²) in [5, 5.41) is 9.59. The van der Waals surface area contributed by atoms with E-state index in [1.54, 1.807) is 24.9 Å². The molecule has 1 N–H and O–H groups in total. The number of carbonyl (C=O) groups is 1. The first-order valence-corrected chi connectivity index (χ1v) is 9.30. The highest BCUT2D eigenvalue weighted by molar-refractivity contribution is 6.31. The van der Waals surface area contributed by atoms with Gasteiger partial charge in [-0.2, -0.15) is 0 Å². The molecule has 6 heteroatoms. The highest BCUT2D eigenvalue weighted by Crippen LogP contribution is 2.47. The zero-order chi connectivity index (χ0) is 19.6. The lowest BCUT2D eigenvalue weighted by Gasteiger charge is -2.31. The Balaban J connectivity index is 1.93. The molecule has 0 aliphatic carbocycles. The predicted molar refractivity (Wildman–Crippen MR) is 103 cm³/mol. The van der Waals surface area contributed by atoms with E-state index < -0.39 is 11.6 Å². The largest absolute Gasteiger partial charge is 0.480 e. The molecule has 0 saturated carbocycles. The molecule has 0 spiro atoms. The van der Waals surface area contributed by atoms with Crippen LogP contribution in [0.1, 0.15) is 35.1 Å². The molecule has 0 saturated heterocycles. The molecule has 0 radical (unpaired) electrons. The summed E-state index contributed by atoms with van der Waals surface area (Å²) in [6, 6.07) is 10.8. The van der Waals surface area contributed by atoms with Gasteiger partial charge in [-0.25, -0.2) is 4.39 Å². The number of fused-ring (bicyclic) bond motifs is 1. The third-order valence-electron chi connectivity index (χ3n) is 5.11. The molecule has 27 heavy (non-hydrogen) atoms. The Bertz CT molecular complexity index is 857. The fourth-order valence-corrected chi connectivity index (χ4v) is 3.98. The van der Waals surface area contributed by atoms with Crippen LogP contribution in [0.3, 0.4) is 0 Å². The smallest absolute Gasteiger partial charge is 0.317 e. The van der Waals surface area contributed by atoms with Crippen LogP contribution in [0, 0.1) is 12.7 Å². The van der Waals surface area contributed by atoms with Crippen molar-refractivity contribution in [2.24, 2.45) is 0 Å². The van der Waals surface area contributed by atoms with Gasteiger partial charge < -0.3 is 9.84 Å². The fourth-order valence-electron chi connectivity index (χ4n) is 3.75. The average molecular weight is 392 g/mol. The normalized spacial score (nSPS) is 18.7. The quantitative estimate of drug-likeness (QED) is 0.762. The topological polar surface area (TPSA) is 49.8 Å². The van der Waals surface area contributed by atoms with Gasteiger partial charge in [0.2, 0.25) is 0 Å². The molecule has 1 heterocycles. The van der Waals surface area contributed by atoms with Crippen molar-refractivity contribution in [3.63, 3.8) is 0 Å². The van der Waals surface area contributed by atoms with Crippen LogP contribution in [-0.4, -0.2) is 36.1 Å². The van der Waals surface area contributed by atoms with Crippen LogP contribution < -0.4 is 0 Å². The minimum absolute atomic E-state index is 0.00801. The molecule has 3 rings (SSSR count). The van der Waals surface area contributed by atoms with Crippen molar-refractivity contribution in [1.82, 2.24) is 4.90 Å². The first kappa shape index (κ1) is 19.8. The first-order valence-electron chi connectivity index (χ1n) is 8.92. The van der Waals surface area contributed by atoms with Crippen LogP contribution in [0.25, 0.3) is 0 Å². The van der Waals surface area contributed by atoms with Crippen molar-refractivity contribution >= 4 is 17.6 Å². The van der Waals surface area contributed by atoms with Gasteiger partial charge in [0.15, 0.2) is 0 Å². The Labute approximate surface area is 163 Å². The summed E-state index contributed by atoms with van der Waals surface area (Å²) >= 11 is 6.37. The van der Waals surface area contributed by atoms with Crippen molar-refractivity contribution in [3.8, 4) is 0 Å². The maximum absolute atomic E-state index is 13.8. The molecule has 0 fully saturated rings. The van der Waals surface area contributed by atoms with E-state index >= 15 is 0 Å². The van der Waals surface area contributed by atoms with Crippen LogP contribution in [0.4, 0.5) is 4.39 Å². The second kappa shape index (κ2) is 7.97. The number of ether oxygens (including phenoxy) is 1. The van der Waals surface area contributed by atoms with Crippen molar-refractivity contribution in [3.05, 3.63) is 69.5 Å². The monoisotopic (exact) mass is 391 g/mol. The van der Waals surface area contributed by atoms with Crippen molar-refractivity contribution in [2.45, 2.75) is 32.0 Å². The van der Waals surface area contributed by atoms with Crippen LogP contribution in [-0.2, 0) is 21.7 Å². The molecule has 1 unspecified atom stereocenters. The number of benzene rings is 2. The molecule has 1 aliphatic rings. The van der Waals surface area contributed by atoms with Gasteiger partial charge in [0, 0.05) is 10.6 Å². The van der Waals surface area contributed by atoms with Crippen LogP contribution in [0.2, 0.25) is 5.02 Å². The van der Waals surface area contributed by atoms with E-state index in [0.717, 1.165) is 23.1 Å². The van der Waals surface area contributed by atoms with Gasteiger partial charge in [0.1, 0.15) is 11.4 Å². The number of aryl methyl sites for hydroxylation is 1. The minimum Gasteiger partial charge on any atom is -0.480 e. The molecule has 1 atom stereocenters. The number of nitrogens with zero attached hydrogens (tertiary/aromatic N) is 1. The van der Waals surface area contributed by atoms with Crippen LogP contribution in [0.5, 0.6) is 0 Å². The molecule has 0 aromatic heterocycles. The van der Waals surface area contributed by atoms with Crippen LogP contribution >= 0.6 is 11.6 Å². The van der Waals surface area contributed by atoms with Gasteiger partial charge in [-0.3, -0.25) is 9.69 Å². The van der Waals surface area contributed by atoms with Gasteiger partial charge in [-0.05, 0) is 68.2 Å². The molecule has 0 bridgehead atoms. The molecule has 1 aliphatic heterocycles. The summed E-state index contributed by atoms with van der Waals surface area (Å²) in [6.45, 7) is 2.75. The van der Waals surface area contributed by atoms with E-state index in [0.29, 0.717) is 30.2 Å². The predicted octanol–water partition coefficient (Wildman–Crippen LogP) is 4.36. The lowest BCUT2D eigenvalue weighted by molar-refractivity contribution is -0.138. The zero-order valence-electron chi connectivity index (χ0n) is 15.5. The van der Waals surface area contributed by atoms with E-state index in [1.807, 2.05) is 24.3 Å². The Morgan fingerprint density at radius 3 is 2.85 bits per heavy atom. The summed E-state index contributed by atoms with van der Waals surface area (Å²) in [5.41, 5.74) is 2.71. The summed E-state index contributed by atoms with van der Waals surface area (Å²) in [6.07, 6.45) is 1.38. The maximum Gasteiger partial charge on any atom is 0.317 e. The Morgan fingerprint density at radius 2 is 2.15 bits per heavy atom. The molecular weight excluding hydrogens is 369 g/mol. The maximum atomic E-state index is 13.8. The molecule has 144 valence electrons. The number of carboxylic acid groups (broad SMARTS) is 1. The summed E-state index contributed by atoms with van der Waals surface area (Å²) in [5.74, 6) is -1.10. The molecule has 4 nitrogen and oxygen atoms in total. The number of likely N-dealkylation sites (N-methyl/N-ethyl adjacent to an activating group) is 1. The zero-order valence-corrected chi connectivity index (χ0v) is 16.2. The van der Waals surface area contributed by atoms with Gasteiger partial charge in [0.05, 0.1) is 13.2 Å². The second-order valence-corrected chi connectivity index (χ2v) is 7.49. The van der Waals surface area contributed by atoms with Crippen molar-refractivity contribution < 1.29 is 19.0 Å². The van der Waals surface area contributed by atoms with Crippen molar-refractivity contribution in [2.75, 3.05) is 20.1 Å². The number of carboxylic acids is 1. The highest BCUT2D eigenvalue weighted by atomic mass is 35.5. The van der Waals surface area contributed by atoms with E-state index in [-0.39, 0.29) is 12.4 Å². The Morgan fingerprint density at radius 1 is 1.37 bits per heavy atom. The van der Waals surface area contributed by atoms with Gasteiger partial charge in [0.25, 0.3) is 0 Å². The fraction of sp³-hybridized carbons (Fsp3) is 0.381. The molecular formula is C21H23ClFNO3. The van der Waals surface area contributed by atoms with Gasteiger partial charge in [-0.1, -0.05) is 29.8 Å². The van der Waals surface area contributed by atoms with E-state index in [4.69, 9.17) is 21.4 Å². The minimum atomic E-state index is -0.851. The molecule has 0 amide bonds. The van der Waals surface area contributed by atoms with Crippen molar-refractivity contribution in [1.29, 1.82) is 0 Å².